The van der Waals surface area contributed by atoms with E-state index in [0.29, 0.717) is 0 Å². The van der Waals surface area contributed by atoms with Crippen molar-refractivity contribution in [2.45, 2.75) is 12.7 Å². The number of rotatable bonds is 5. The Hall–Kier alpha value is -3.63. The van der Waals surface area contributed by atoms with Crippen molar-refractivity contribution < 1.29 is 22.8 Å². The van der Waals surface area contributed by atoms with Gasteiger partial charge in [-0.25, -0.2) is 4.98 Å². The van der Waals surface area contributed by atoms with Crippen LogP contribution in [0.1, 0.15) is 11.1 Å². The monoisotopic (exact) mass is 394 g/mol. The van der Waals surface area contributed by atoms with Gasteiger partial charge in [0.1, 0.15) is 11.4 Å². The summed E-state index contributed by atoms with van der Waals surface area (Å²) in [5, 5.41) is 14.0. The molecule has 0 atom stereocenters. The number of H-pyrrole nitrogens is 1. The van der Waals surface area contributed by atoms with Crippen LogP contribution in [0.15, 0.2) is 41.5 Å². The maximum absolute atomic E-state index is 13.3. The Morgan fingerprint density at radius 2 is 2.04 bits per heavy atom. The summed E-state index contributed by atoms with van der Waals surface area (Å²) in [6.45, 7) is -0.339. The average molecular weight is 394 g/mol. The third kappa shape index (κ3) is 3.72. The van der Waals surface area contributed by atoms with E-state index >= 15 is 0 Å². The van der Waals surface area contributed by atoms with Crippen molar-refractivity contribution in [3.05, 3.63) is 68.3 Å². The Kier molecular flexibility index (Phi) is 4.91. The summed E-state index contributed by atoms with van der Waals surface area (Å²) < 4.78 is 44.8. The van der Waals surface area contributed by atoms with Gasteiger partial charge >= 0.3 is 6.18 Å². The molecule has 0 aliphatic rings. The molecule has 0 aliphatic carbocycles. The van der Waals surface area contributed by atoms with Gasteiger partial charge in [0, 0.05) is 12.6 Å². The lowest BCUT2D eigenvalue weighted by Crippen LogP contribution is -2.13. The molecule has 3 aromatic rings. The van der Waals surface area contributed by atoms with Crippen LogP contribution < -0.4 is 15.6 Å². The molecule has 2 N–H and O–H groups in total. The standard InChI is InChI=1S/C17H13F3N4O4/c1-28-10-3-2-9(12(4-10)17(18,19)20)7-21-14-6-13-11(5-15(14)24(26)27)16(25)23-8-22-13/h2-6,8,21H,7H2,1H3,(H,22,23,25). The molecule has 0 radical (unpaired) electrons. The lowest BCUT2D eigenvalue weighted by atomic mass is 10.1. The van der Waals surface area contributed by atoms with Crippen molar-refractivity contribution in [3.63, 3.8) is 0 Å². The number of fused-ring (bicyclic) bond motifs is 1. The lowest BCUT2D eigenvalue weighted by Gasteiger charge is -2.15. The number of nitro groups is 1. The molecule has 0 amide bonds. The van der Waals surface area contributed by atoms with Gasteiger partial charge in [-0.15, -0.1) is 0 Å². The maximum atomic E-state index is 13.3. The van der Waals surface area contributed by atoms with E-state index in [9.17, 15) is 28.1 Å². The molecule has 8 nitrogen and oxygen atoms in total. The summed E-state index contributed by atoms with van der Waals surface area (Å²) >= 11 is 0. The highest BCUT2D eigenvalue weighted by Gasteiger charge is 2.33. The van der Waals surface area contributed by atoms with Gasteiger partial charge < -0.3 is 15.0 Å². The maximum Gasteiger partial charge on any atom is 0.416 e. The van der Waals surface area contributed by atoms with E-state index in [1.165, 1.54) is 25.3 Å². The van der Waals surface area contributed by atoms with E-state index in [4.69, 9.17) is 4.74 Å². The highest BCUT2D eigenvalue weighted by molar-refractivity contribution is 5.86. The average Bonchev–Trinajstić information content (AvgIpc) is 2.65. The highest BCUT2D eigenvalue weighted by Crippen LogP contribution is 2.35. The Balaban J connectivity index is 2.01. The summed E-state index contributed by atoms with van der Waals surface area (Å²) in [5.74, 6) is 0.0381. The molecule has 0 unspecified atom stereocenters. The number of nitrogens with one attached hydrogen (secondary N) is 2. The smallest absolute Gasteiger partial charge is 0.416 e. The van der Waals surface area contributed by atoms with Crippen molar-refractivity contribution in [2.75, 3.05) is 12.4 Å². The molecule has 11 heteroatoms. The Labute approximate surface area is 155 Å². The van der Waals surface area contributed by atoms with E-state index in [2.05, 4.69) is 15.3 Å². The number of alkyl halides is 3. The highest BCUT2D eigenvalue weighted by atomic mass is 19.4. The summed E-state index contributed by atoms with van der Waals surface area (Å²) in [4.78, 5) is 28.6. The molecule has 1 heterocycles. The number of methoxy groups -OCH3 is 1. The molecule has 1 aromatic heterocycles. The Morgan fingerprint density at radius 1 is 1.29 bits per heavy atom. The Bertz CT molecular complexity index is 1110. The largest absolute Gasteiger partial charge is 0.497 e. The summed E-state index contributed by atoms with van der Waals surface area (Å²) in [7, 11) is 1.25. The van der Waals surface area contributed by atoms with Crippen molar-refractivity contribution in [1.29, 1.82) is 0 Å². The van der Waals surface area contributed by atoms with Crippen LogP contribution in [0, 0.1) is 10.1 Å². The molecule has 2 aromatic carbocycles. The fourth-order valence-electron chi connectivity index (χ4n) is 2.69. The second-order valence-electron chi connectivity index (χ2n) is 5.75. The SMILES string of the molecule is COc1ccc(CNc2cc3nc[nH]c(=O)c3cc2[N+](=O)[O-])c(C(F)(F)F)c1. The van der Waals surface area contributed by atoms with Crippen LogP contribution in [0.2, 0.25) is 0 Å². The number of halogens is 3. The van der Waals surface area contributed by atoms with Gasteiger partial charge in [0.05, 0.1) is 34.8 Å². The molecule has 0 aliphatic heterocycles. The third-order valence-corrected chi connectivity index (χ3v) is 4.05. The zero-order chi connectivity index (χ0) is 20.5. The zero-order valence-electron chi connectivity index (χ0n) is 14.3. The summed E-state index contributed by atoms with van der Waals surface area (Å²) in [6.07, 6.45) is -3.50. The van der Waals surface area contributed by atoms with E-state index in [1.807, 2.05) is 0 Å². The first-order valence-electron chi connectivity index (χ1n) is 7.84. The normalized spacial score (nSPS) is 11.4. The second kappa shape index (κ2) is 7.18. The van der Waals surface area contributed by atoms with E-state index in [0.717, 1.165) is 18.5 Å². The van der Waals surface area contributed by atoms with Crippen LogP contribution in [0.5, 0.6) is 5.75 Å². The van der Waals surface area contributed by atoms with Crippen LogP contribution in [-0.2, 0) is 12.7 Å². The first-order valence-corrected chi connectivity index (χ1v) is 7.84. The van der Waals surface area contributed by atoms with Gasteiger partial charge in [-0.2, -0.15) is 13.2 Å². The number of hydrogen-bond acceptors (Lipinski definition) is 6. The molecular formula is C17H13F3N4O4. The van der Waals surface area contributed by atoms with Crippen LogP contribution in [0.3, 0.4) is 0 Å². The van der Waals surface area contributed by atoms with Crippen molar-refractivity contribution in [3.8, 4) is 5.75 Å². The van der Waals surface area contributed by atoms with E-state index < -0.39 is 27.9 Å². The number of aromatic amines is 1. The van der Waals surface area contributed by atoms with Gasteiger partial charge in [0.15, 0.2) is 0 Å². The number of nitrogens with zero attached hydrogens (tertiary/aromatic N) is 2. The summed E-state index contributed by atoms with van der Waals surface area (Å²) in [5.41, 5.74) is -1.94. The van der Waals surface area contributed by atoms with E-state index in [1.54, 1.807) is 0 Å². The number of hydrogen-bond donors (Lipinski definition) is 2. The zero-order valence-corrected chi connectivity index (χ0v) is 14.3. The van der Waals surface area contributed by atoms with E-state index in [-0.39, 0.29) is 34.4 Å². The molecule has 0 saturated carbocycles. The number of benzene rings is 2. The predicted octanol–water partition coefficient (Wildman–Crippen LogP) is 3.47. The number of aromatic nitrogens is 2. The van der Waals surface area contributed by atoms with Crippen LogP contribution in [-0.4, -0.2) is 22.0 Å². The molecule has 0 bridgehead atoms. The lowest BCUT2D eigenvalue weighted by molar-refractivity contribution is -0.383. The minimum Gasteiger partial charge on any atom is -0.497 e. The fourth-order valence-corrected chi connectivity index (χ4v) is 2.69. The Morgan fingerprint density at radius 3 is 2.68 bits per heavy atom. The molecule has 0 spiro atoms. The van der Waals surface area contributed by atoms with Gasteiger partial charge in [-0.05, 0) is 23.8 Å². The topological polar surface area (TPSA) is 110 Å². The fraction of sp³-hybridized carbons (Fsp3) is 0.176. The number of nitro benzene ring substituents is 1. The molecule has 146 valence electrons. The number of anilines is 1. The van der Waals surface area contributed by atoms with Crippen LogP contribution in [0.25, 0.3) is 10.9 Å². The van der Waals surface area contributed by atoms with Gasteiger partial charge in [-0.1, -0.05) is 6.07 Å². The van der Waals surface area contributed by atoms with Gasteiger partial charge in [0.2, 0.25) is 0 Å². The van der Waals surface area contributed by atoms with Crippen LogP contribution >= 0.6 is 0 Å². The molecular weight excluding hydrogens is 381 g/mol. The first-order chi connectivity index (χ1) is 13.2. The van der Waals surface area contributed by atoms with Gasteiger partial charge in [0.25, 0.3) is 11.2 Å². The quantitative estimate of drug-likeness (QED) is 0.507. The minimum absolute atomic E-state index is 0.000165. The molecule has 0 fully saturated rings. The second-order valence-corrected chi connectivity index (χ2v) is 5.75. The van der Waals surface area contributed by atoms with Crippen molar-refractivity contribution >= 4 is 22.3 Å². The van der Waals surface area contributed by atoms with Gasteiger partial charge in [-0.3, -0.25) is 14.9 Å². The molecule has 3 rings (SSSR count). The van der Waals surface area contributed by atoms with Crippen LogP contribution in [0.4, 0.5) is 24.5 Å². The minimum atomic E-state index is -4.63. The van der Waals surface area contributed by atoms with Crippen molar-refractivity contribution in [1.82, 2.24) is 9.97 Å². The third-order valence-electron chi connectivity index (χ3n) is 4.05. The first kappa shape index (κ1) is 19.1. The van der Waals surface area contributed by atoms with Crippen molar-refractivity contribution in [2.24, 2.45) is 0 Å². The molecule has 28 heavy (non-hydrogen) atoms. The summed E-state index contributed by atoms with van der Waals surface area (Å²) in [6, 6.07) is 5.72. The number of ether oxygens (including phenoxy) is 1. The molecule has 0 saturated heterocycles. The predicted molar refractivity (Wildman–Crippen MR) is 94.3 cm³/mol.